The number of carbonyl (C=O) groups excluding carboxylic acids is 1. The van der Waals surface area contributed by atoms with E-state index in [-0.39, 0.29) is 23.7 Å². The quantitative estimate of drug-likeness (QED) is 0.519. The van der Waals surface area contributed by atoms with Gasteiger partial charge in [-0.15, -0.1) is 0 Å². The van der Waals surface area contributed by atoms with Gasteiger partial charge in [0.1, 0.15) is 19.0 Å². The standard InChI is InChI=1S/C20H23NO6S/c1-16-5-7-18(8-6-16)26-13-14-27-20(22)17-3-2-4-19(15-17)28(23,24)21-9-11-25-12-10-21/h2-8,15H,9-14H2,1H3. The molecular weight excluding hydrogens is 382 g/mol. The Bertz CT molecular complexity index is 905. The van der Waals surface area contributed by atoms with E-state index in [1.165, 1.54) is 28.6 Å². The SMILES string of the molecule is Cc1ccc(OCCOC(=O)c2cccc(S(=O)(=O)N3CCOCC3)c2)cc1. The summed E-state index contributed by atoms with van der Waals surface area (Å²) < 4.78 is 42.7. The second-order valence-electron chi connectivity index (χ2n) is 6.34. The first-order valence-corrected chi connectivity index (χ1v) is 10.5. The fourth-order valence-electron chi connectivity index (χ4n) is 2.73. The summed E-state index contributed by atoms with van der Waals surface area (Å²) in [7, 11) is -3.66. The van der Waals surface area contributed by atoms with E-state index in [2.05, 4.69) is 0 Å². The average Bonchev–Trinajstić information content (AvgIpc) is 2.73. The maximum atomic E-state index is 12.7. The van der Waals surface area contributed by atoms with Crippen LogP contribution in [-0.4, -0.2) is 58.2 Å². The number of morpholine rings is 1. The van der Waals surface area contributed by atoms with Crippen LogP contribution in [0.25, 0.3) is 0 Å². The Kier molecular flexibility index (Phi) is 6.66. The lowest BCUT2D eigenvalue weighted by atomic mass is 10.2. The second kappa shape index (κ2) is 9.18. The number of aryl methyl sites for hydroxylation is 1. The molecule has 0 aliphatic carbocycles. The van der Waals surface area contributed by atoms with Crippen LogP contribution in [0.4, 0.5) is 0 Å². The molecule has 0 amide bonds. The number of esters is 1. The van der Waals surface area contributed by atoms with Crippen LogP contribution in [0.3, 0.4) is 0 Å². The first kappa shape index (κ1) is 20.3. The van der Waals surface area contributed by atoms with Crippen molar-refractivity contribution in [2.75, 3.05) is 39.5 Å². The monoisotopic (exact) mass is 405 g/mol. The summed E-state index contributed by atoms with van der Waals surface area (Å²) in [5, 5.41) is 0. The third kappa shape index (κ3) is 5.09. The Morgan fingerprint density at radius 3 is 2.50 bits per heavy atom. The Morgan fingerprint density at radius 2 is 1.79 bits per heavy atom. The summed E-state index contributed by atoms with van der Waals surface area (Å²) in [6.45, 7) is 3.58. The summed E-state index contributed by atoms with van der Waals surface area (Å²) in [5.74, 6) is 0.104. The second-order valence-corrected chi connectivity index (χ2v) is 8.28. The molecule has 1 heterocycles. The zero-order valence-corrected chi connectivity index (χ0v) is 16.5. The molecule has 0 atom stereocenters. The van der Waals surface area contributed by atoms with E-state index in [0.717, 1.165) is 5.56 Å². The molecule has 1 saturated heterocycles. The Hall–Kier alpha value is -2.42. The van der Waals surface area contributed by atoms with Crippen LogP contribution in [-0.2, 0) is 19.5 Å². The van der Waals surface area contributed by atoms with Crippen LogP contribution >= 0.6 is 0 Å². The number of ether oxygens (including phenoxy) is 3. The highest BCUT2D eigenvalue weighted by Gasteiger charge is 2.27. The van der Waals surface area contributed by atoms with Gasteiger partial charge in [0.25, 0.3) is 0 Å². The maximum absolute atomic E-state index is 12.7. The van der Waals surface area contributed by atoms with Gasteiger partial charge < -0.3 is 14.2 Å². The van der Waals surface area contributed by atoms with E-state index in [4.69, 9.17) is 14.2 Å². The molecule has 0 N–H and O–H groups in total. The number of hydrogen-bond donors (Lipinski definition) is 0. The van der Waals surface area contributed by atoms with E-state index in [0.29, 0.717) is 32.1 Å². The van der Waals surface area contributed by atoms with Crippen LogP contribution < -0.4 is 4.74 Å². The lowest BCUT2D eigenvalue weighted by molar-refractivity contribution is 0.0450. The van der Waals surface area contributed by atoms with Crippen LogP contribution in [0.2, 0.25) is 0 Å². The molecule has 3 rings (SSSR count). The predicted molar refractivity (Wildman–Crippen MR) is 103 cm³/mol. The van der Waals surface area contributed by atoms with Gasteiger partial charge in [0.05, 0.1) is 23.7 Å². The van der Waals surface area contributed by atoms with E-state index in [1.54, 1.807) is 0 Å². The minimum Gasteiger partial charge on any atom is -0.490 e. The van der Waals surface area contributed by atoms with Crippen LogP contribution in [0.15, 0.2) is 53.4 Å². The first-order chi connectivity index (χ1) is 13.5. The Morgan fingerprint density at radius 1 is 1.07 bits per heavy atom. The smallest absolute Gasteiger partial charge is 0.338 e. The first-order valence-electron chi connectivity index (χ1n) is 9.01. The molecule has 0 radical (unpaired) electrons. The van der Waals surface area contributed by atoms with E-state index < -0.39 is 16.0 Å². The van der Waals surface area contributed by atoms with Gasteiger partial charge in [-0.1, -0.05) is 23.8 Å². The molecule has 150 valence electrons. The minimum atomic E-state index is -3.66. The van der Waals surface area contributed by atoms with E-state index in [9.17, 15) is 13.2 Å². The lowest BCUT2D eigenvalue weighted by Crippen LogP contribution is -2.40. The van der Waals surface area contributed by atoms with Crippen LogP contribution in [0.1, 0.15) is 15.9 Å². The van der Waals surface area contributed by atoms with Gasteiger partial charge in [-0.2, -0.15) is 4.31 Å². The fraction of sp³-hybridized carbons (Fsp3) is 0.350. The van der Waals surface area contributed by atoms with Gasteiger partial charge in [-0.05, 0) is 37.3 Å². The third-order valence-corrected chi connectivity index (χ3v) is 6.18. The van der Waals surface area contributed by atoms with Crippen molar-refractivity contribution in [1.82, 2.24) is 4.31 Å². The molecule has 0 saturated carbocycles. The Balaban J connectivity index is 1.56. The van der Waals surface area contributed by atoms with Gasteiger partial charge in [-0.25, -0.2) is 13.2 Å². The largest absolute Gasteiger partial charge is 0.490 e. The highest BCUT2D eigenvalue weighted by Crippen LogP contribution is 2.19. The molecule has 0 spiro atoms. The zero-order chi connectivity index (χ0) is 20.0. The summed E-state index contributed by atoms with van der Waals surface area (Å²) in [5.41, 5.74) is 1.32. The van der Waals surface area contributed by atoms with E-state index in [1.807, 2.05) is 31.2 Å². The number of carbonyl (C=O) groups is 1. The molecule has 1 fully saturated rings. The van der Waals surface area contributed by atoms with Gasteiger partial charge in [0.15, 0.2) is 0 Å². The van der Waals surface area contributed by atoms with Gasteiger partial charge in [-0.3, -0.25) is 0 Å². The van der Waals surface area contributed by atoms with Crippen molar-refractivity contribution in [3.8, 4) is 5.75 Å². The number of benzene rings is 2. The van der Waals surface area contributed by atoms with E-state index >= 15 is 0 Å². The topological polar surface area (TPSA) is 82.1 Å². The van der Waals surface area contributed by atoms with Crippen molar-refractivity contribution >= 4 is 16.0 Å². The molecule has 2 aromatic rings. The van der Waals surface area contributed by atoms with Gasteiger partial charge >= 0.3 is 5.97 Å². The zero-order valence-electron chi connectivity index (χ0n) is 15.7. The molecule has 1 aliphatic rings. The molecule has 0 aromatic heterocycles. The number of rotatable bonds is 7. The molecule has 0 bridgehead atoms. The summed E-state index contributed by atoms with van der Waals surface area (Å²) in [6.07, 6.45) is 0. The molecule has 8 heteroatoms. The molecular formula is C20H23NO6S. The molecule has 28 heavy (non-hydrogen) atoms. The predicted octanol–water partition coefficient (Wildman–Crippen LogP) is 2.25. The highest BCUT2D eigenvalue weighted by atomic mass is 32.2. The maximum Gasteiger partial charge on any atom is 0.338 e. The lowest BCUT2D eigenvalue weighted by Gasteiger charge is -2.26. The molecule has 7 nitrogen and oxygen atoms in total. The normalized spacial score (nSPS) is 15.2. The summed E-state index contributed by atoms with van der Waals surface area (Å²) in [6, 6.07) is 13.4. The molecule has 2 aromatic carbocycles. The molecule has 1 aliphatic heterocycles. The van der Waals surface area contributed by atoms with Crippen molar-refractivity contribution in [2.45, 2.75) is 11.8 Å². The highest BCUT2D eigenvalue weighted by molar-refractivity contribution is 7.89. The molecule has 0 unspecified atom stereocenters. The Labute approximate surface area is 164 Å². The van der Waals surface area contributed by atoms with Crippen molar-refractivity contribution in [2.24, 2.45) is 0 Å². The average molecular weight is 405 g/mol. The van der Waals surface area contributed by atoms with Crippen LogP contribution in [0.5, 0.6) is 5.75 Å². The van der Waals surface area contributed by atoms with Crippen LogP contribution in [0, 0.1) is 6.92 Å². The summed E-state index contributed by atoms with van der Waals surface area (Å²) >= 11 is 0. The fourth-order valence-corrected chi connectivity index (χ4v) is 4.19. The van der Waals surface area contributed by atoms with Crippen molar-refractivity contribution in [3.05, 3.63) is 59.7 Å². The number of nitrogens with zero attached hydrogens (tertiary/aromatic N) is 1. The van der Waals surface area contributed by atoms with Gasteiger partial charge in [0.2, 0.25) is 10.0 Å². The van der Waals surface area contributed by atoms with Crippen molar-refractivity contribution < 1.29 is 27.4 Å². The number of hydrogen-bond acceptors (Lipinski definition) is 6. The van der Waals surface area contributed by atoms with Gasteiger partial charge in [0, 0.05) is 13.1 Å². The third-order valence-electron chi connectivity index (χ3n) is 4.28. The number of sulfonamides is 1. The van der Waals surface area contributed by atoms with Crippen molar-refractivity contribution in [3.63, 3.8) is 0 Å². The van der Waals surface area contributed by atoms with Crippen molar-refractivity contribution in [1.29, 1.82) is 0 Å². The summed E-state index contributed by atoms with van der Waals surface area (Å²) in [4.78, 5) is 12.3. The minimum absolute atomic E-state index is 0.0627.